The maximum Gasteiger partial charge on any atom is 0.268 e. The number of halogens is 1. The maximum atomic E-state index is 5.43. The van der Waals surface area contributed by atoms with Crippen LogP contribution in [0.3, 0.4) is 0 Å². The molecule has 1 aliphatic heterocycles. The highest BCUT2D eigenvalue weighted by atomic mass is 79.9. The van der Waals surface area contributed by atoms with Crippen LogP contribution >= 0.6 is 27.3 Å². The first-order valence-electron chi connectivity index (χ1n) is 6.63. The molecule has 0 radical (unpaired) electrons. The molecule has 7 heteroatoms. The van der Waals surface area contributed by atoms with Gasteiger partial charge in [-0.15, -0.1) is 11.3 Å². The highest BCUT2D eigenvalue weighted by Crippen LogP contribution is 2.32. The minimum absolute atomic E-state index is 0.210. The molecule has 1 fully saturated rings. The summed E-state index contributed by atoms with van der Waals surface area (Å²) in [5.41, 5.74) is -0.210. The van der Waals surface area contributed by atoms with Crippen molar-refractivity contribution in [2.75, 3.05) is 26.2 Å². The Hall–Kier alpha value is -0.760. The maximum absolute atomic E-state index is 5.43. The number of aromatic nitrogens is 2. The third kappa shape index (κ3) is 2.67. The lowest BCUT2D eigenvalue weighted by atomic mass is 10.0. The van der Waals surface area contributed by atoms with Gasteiger partial charge in [-0.25, -0.2) is 0 Å². The van der Waals surface area contributed by atoms with Crippen molar-refractivity contribution < 1.29 is 4.52 Å². The van der Waals surface area contributed by atoms with Gasteiger partial charge in [0.05, 0.1) is 14.2 Å². The number of hydrogen-bond acceptors (Lipinski definition) is 6. The van der Waals surface area contributed by atoms with E-state index in [0.29, 0.717) is 5.89 Å². The van der Waals surface area contributed by atoms with Crippen LogP contribution in [-0.4, -0.2) is 41.2 Å². The summed E-state index contributed by atoms with van der Waals surface area (Å²) in [5.74, 6) is 1.35. The van der Waals surface area contributed by atoms with E-state index >= 15 is 0 Å². The lowest BCUT2D eigenvalue weighted by molar-refractivity contribution is 0.0925. The molecule has 0 saturated carbocycles. The molecule has 2 aromatic heterocycles. The molecule has 108 valence electrons. The number of nitrogens with zero attached hydrogens (tertiary/aromatic N) is 3. The Kier molecular flexibility index (Phi) is 3.94. The molecule has 3 heterocycles. The SMILES string of the molecule is CC(C)(c1noc(-c2ccc(Br)s2)n1)N1CCNCC1. The van der Waals surface area contributed by atoms with Gasteiger partial charge in [-0.05, 0) is 41.9 Å². The zero-order valence-corrected chi connectivity index (χ0v) is 13.9. The average Bonchev–Trinajstić information content (AvgIpc) is 3.08. The van der Waals surface area contributed by atoms with Crippen LogP contribution in [0.25, 0.3) is 10.8 Å². The Morgan fingerprint density at radius 2 is 2.10 bits per heavy atom. The van der Waals surface area contributed by atoms with Crippen molar-refractivity contribution in [3.63, 3.8) is 0 Å². The second-order valence-electron chi connectivity index (χ2n) is 5.32. The second-order valence-corrected chi connectivity index (χ2v) is 7.79. The number of hydrogen-bond donors (Lipinski definition) is 1. The number of thiophene rings is 1. The third-order valence-corrected chi connectivity index (χ3v) is 5.28. The van der Waals surface area contributed by atoms with Gasteiger partial charge in [0.15, 0.2) is 5.82 Å². The molecule has 0 amide bonds. The first kappa shape index (κ1) is 14.2. The molecule has 0 unspecified atom stereocenters. The Morgan fingerprint density at radius 1 is 1.35 bits per heavy atom. The molecule has 0 atom stereocenters. The molecule has 1 saturated heterocycles. The van der Waals surface area contributed by atoms with Gasteiger partial charge in [-0.1, -0.05) is 5.16 Å². The third-order valence-electron chi connectivity index (χ3n) is 3.66. The average molecular weight is 357 g/mol. The molecule has 1 aliphatic rings. The molecule has 2 aromatic rings. The van der Waals surface area contributed by atoms with Gasteiger partial charge in [-0.3, -0.25) is 4.90 Å². The lowest BCUT2D eigenvalue weighted by Gasteiger charge is -2.38. The van der Waals surface area contributed by atoms with E-state index < -0.39 is 0 Å². The molecular weight excluding hydrogens is 340 g/mol. The molecule has 0 aromatic carbocycles. The summed E-state index contributed by atoms with van der Waals surface area (Å²) in [5, 5.41) is 7.55. The Bertz CT molecular complexity index is 589. The summed E-state index contributed by atoms with van der Waals surface area (Å²) in [6.07, 6.45) is 0. The van der Waals surface area contributed by atoms with Crippen molar-refractivity contribution >= 4 is 27.3 Å². The van der Waals surface area contributed by atoms with Crippen molar-refractivity contribution in [1.82, 2.24) is 20.4 Å². The van der Waals surface area contributed by atoms with Crippen LogP contribution in [0.1, 0.15) is 19.7 Å². The number of piperazine rings is 1. The fourth-order valence-corrected chi connectivity index (χ4v) is 3.67. The predicted octanol–water partition coefficient (Wildman–Crippen LogP) is 2.70. The van der Waals surface area contributed by atoms with E-state index in [4.69, 9.17) is 4.52 Å². The van der Waals surface area contributed by atoms with E-state index in [1.165, 1.54) is 0 Å². The fraction of sp³-hybridized carbons (Fsp3) is 0.538. The van der Waals surface area contributed by atoms with Gasteiger partial charge in [-0.2, -0.15) is 4.98 Å². The van der Waals surface area contributed by atoms with Crippen LogP contribution in [0.2, 0.25) is 0 Å². The molecule has 5 nitrogen and oxygen atoms in total. The minimum atomic E-state index is -0.210. The minimum Gasteiger partial charge on any atom is -0.333 e. The van der Waals surface area contributed by atoms with Crippen molar-refractivity contribution in [2.45, 2.75) is 19.4 Å². The van der Waals surface area contributed by atoms with Crippen molar-refractivity contribution in [3.05, 3.63) is 21.7 Å². The van der Waals surface area contributed by atoms with Crippen LogP contribution in [0, 0.1) is 0 Å². The van der Waals surface area contributed by atoms with E-state index in [9.17, 15) is 0 Å². The van der Waals surface area contributed by atoms with Crippen LogP contribution in [0.15, 0.2) is 20.4 Å². The summed E-state index contributed by atoms with van der Waals surface area (Å²) < 4.78 is 6.49. The summed E-state index contributed by atoms with van der Waals surface area (Å²) in [6, 6.07) is 3.98. The highest BCUT2D eigenvalue weighted by molar-refractivity contribution is 9.11. The van der Waals surface area contributed by atoms with E-state index in [-0.39, 0.29) is 5.54 Å². The van der Waals surface area contributed by atoms with Crippen LogP contribution in [-0.2, 0) is 5.54 Å². The van der Waals surface area contributed by atoms with Crippen molar-refractivity contribution in [2.24, 2.45) is 0 Å². The Labute approximate surface area is 130 Å². The summed E-state index contributed by atoms with van der Waals surface area (Å²) in [6.45, 7) is 8.31. The Balaban J connectivity index is 1.85. The number of nitrogens with one attached hydrogen (secondary N) is 1. The second kappa shape index (κ2) is 5.55. The molecule has 0 spiro atoms. The van der Waals surface area contributed by atoms with E-state index in [1.807, 2.05) is 12.1 Å². The molecular formula is C13H17BrN4OS. The van der Waals surface area contributed by atoms with E-state index in [0.717, 1.165) is 40.7 Å². The summed E-state index contributed by atoms with van der Waals surface area (Å²) in [4.78, 5) is 7.97. The zero-order valence-electron chi connectivity index (χ0n) is 11.5. The molecule has 1 N–H and O–H groups in total. The van der Waals surface area contributed by atoms with Gasteiger partial charge in [0.1, 0.15) is 0 Å². The molecule has 20 heavy (non-hydrogen) atoms. The first-order valence-corrected chi connectivity index (χ1v) is 8.24. The normalized spacial score (nSPS) is 17.6. The van der Waals surface area contributed by atoms with Gasteiger partial charge < -0.3 is 9.84 Å². The van der Waals surface area contributed by atoms with Gasteiger partial charge in [0.2, 0.25) is 0 Å². The lowest BCUT2D eigenvalue weighted by Crippen LogP contribution is -2.52. The quantitative estimate of drug-likeness (QED) is 0.916. The molecule has 3 rings (SSSR count). The standard InChI is InChI=1S/C13H17BrN4OS/c1-13(2,18-7-5-15-6-8-18)12-16-11(19-17-12)9-3-4-10(14)20-9/h3-4,15H,5-8H2,1-2H3. The molecule has 0 aliphatic carbocycles. The zero-order chi connectivity index (χ0) is 14.2. The van der Waals surface area contributed by atoms with Gasteiger partial charge in [0, 0.05) is 26.2 Å². The number of rotatable bonds is 3. The smallest absolute Gasteiger partial charge is 0.268 e. The Morgan fingerprint density at radius 3 is 2.75 bits per heavy atom. The van der Waals surface area contributed by atoms with Crippen LogP contribution in [0.4, 0.5) is 0 Å². The van der Waals surface area contributed by atoms with Gasteiger partial charge in [0.25, 0.3) is 5.89 Å². The first-order chi connectivity index (χ1) is 9.57. The monoisotopic (exact) mass is 356 g/mol. The van der Waals surface area contributed by atoms with E-state index in [1.54, 1.807) is 11.3 Å². The summed E-state index contributed by atoms with van der Waals surface area (Å²) >= 11 is 5.05. The van der Waals surface area contributed by atoms with Crippen LogP contribution in [0.5, 0.6) is 0 Å². The highest BCUT2D eigenvalue weighted by Gasteiger charge is 2.34. The van der Waals surface area contributed by atoms with Gasteiger partial charge >= 0.3 is 0 Å². The topological polar surface area (TPSA) is 54.2 Å². The van der Waals surface area contributed by atoms with Crippen LogP contribution < -0.4 is 5.32 Å². The summed E-state index contributed by atoms with van der Waals surface area (Å²) in [7, 11) is 0. The largest absolute Gasteiger partial charge is 0.333 e. The van der Waals surface area contributed by atoms with Crippen molar-refractivity contribution in [1.29, 1.82) is 0 Å². The van der Waals surface area contributed by atoms with Crippen molar-refractivity contribution in [3.8, 4) is 10.8 Å². The fourth-order valence-electron chi connectivity index (χ4n) is 2.37. The van der Waals surface area contributed by atoms with E-state index in [2.05, 4.69) is 50.1 Å². The molecule has 0 bridgehead atoms. The predicted molar refractivity (Wildman–Crippen MR) is 82.8 cm³/mol.